The van der Waals surface area contributed by atoms with Crippen LogP contribution in [-0.4, -0.2) is 140 Å². The summed E-state index contributed by atoms with van der Waals surface area (Å²) >= 11 is 0. The molecule has 0 aromatic rings. The maximum absolute atomic E-state index is 13.7. The van der Waals surface area contributed by atoms with Crippen LogP contribution in [0.25, 0.3) is 0 Å². The average molecular weight is 1260 g/mol. The number of carbonyl (C=O) groups excluding carboxylic acids is 6. The molecule has 0 amide bonds. The van der Waals surface area contributed by atoms with E-state index in [-0.39, 0.29) is 73.2 Å². The van der Waals surface area contributed by atoms with Crippen LogP contribution in [0.15, 0.2) is 0 Å². The van der Waals surface area contributed by atoms with Gasteiger partial charge in [-0.1, -0.05) is 55.4 Å². The normalized spacial score (nSPS) is 46.5. The molecule has 24 atom stereocenters. The van der Waals surface area contributed by atoms with Crippen molar-refractivity contribution in [2.45, 2.75) is 269 Å². The first-order valence-electron chi connectivity index (χ1n) is 33.1. The zero-order chi connectivity index (χ0) is 63.3. The fourth-order valence-corrected chi connectivity index (χ4v) is 18.0. The lowest BCUT2D eigenvalue weighted by molar-refractivity contribution is -0.586. The average Bonchev–Trinajstić information content (AvgIpc) is 1.70. The number of likely N-dealkylation sites (N-methyl/N-ethyl adjacent to an activating group) is 1. The molecule has 6 bridgehead atoms. The molecule has 0 aromatic heterocycles. The van der Waals surface area contributed by atoms with Crippen molar-refractivity contribution < 1.29 is 115 Å². The summed E-state index contributed by atoms with van der Waals surface area (Å²) in [6.45, 7) is 20.5. The van der Waals surface area contributed by atoms with Gasteiger partial charge in [0.15, 0.2) is 35.7 Å². The molecule has 3 spiro atoms. The zero-order valence-electron chi connectivity index (χ0n) is 53.7. The smallest absolute Gasteiger partial charge is 0.308 e. The standard InChI is InChI=1S/C64H95NO24/c1-12-65-61(31-72-45(66)17-20-48(69)75-51-37(5)43-15-13-34(2)40-24-28-58(9)81-54(78-51)62(40,43)87-84-58,32-73-46(67)18-21-49(70)76-52-38(6)44-16-14-35(3)41-25-29-59(10)82-55(79-52)63(41,44)88-85-59)33-74-47(68)19-22-50(71)77-53-39(7)57(8)27-23-36(4)42-26-30-60(11)83-56(80-53)64(42,57)89-86-60/h34-44,51-56,65H,12-33H2,1-11H3/t34-,35-,36-,37-,38-,39+,40+,41+,42+,43+,44+,51-,52-,53-,54-,55-,56-,57+,58-,59-,60-,62-,63-,64+/m1/s1. The van der Waals surface area contributed by atoms with E-state index in [1.807, 2.05) is 41.5 Å². The summed E-state index contributed by atoms with van der Waals surface area (Å²) in [5.74, 6) is -7.44. The van der Waals surface area contributed by atoms with Crippen molar-refractivity contribution in [2.24, 2.45) is 70.5 Å². The van der Waals surface area contributed by atoms with Gasteiger partial charge in [0.05, 0.1) is 38.5 Å². The van der Waals surface area contributed by atoms with Gasteiger partial charge in [0.2, 0.25) is 36.2 Å². The quantitative estimate of drug-likeness (QED) is 0.0687. The minimum atomic E-state index is -1.56. The molecule has 25 heteroatoms. The maximum Gasteiger partial charge on any atom is 0.308 e. The van der Waals surface area contributed by atoms with E-state index in [2.05, 4.69) is 33.0 Å². The number of esters is 6. The fraction of sp³-hybridized carbons (Fsp3) is 0.906. The number of nitrogens with one attached hydrogen (secondary N) is 1. The first-order valence-corrected chi connectivity index (χ1v) is 33.1. The van der Waals surface area contributed by atoms with Gasteiger partial charge in [-0.05, 0) is 121 Å². The Kier molecular flexibility index (Phi) is 18.0. The van der Waals surface area contributed by atoms with Crippen LogP contribution < -0.4 is 5.32 Å². The van der Waals surface area contributed by atoms with Crippen molar-refractivity contribution >= 4 is 35.8 Å². The zero-order valence-corrected chi connectivity index (χ0v) is 53.7. The van der Waals surface area contributed by atoms with E-state index in [0.717, 1.165) is 57.8 Å². The van der Waals surface area contributed by atoms with E-state index in [9.17, 15) is 28.8 Å². The Hall–Kier alpha value is -3.70. The molecule has 1 N–H and O–H groups in total. The third kappa shape index (κ3) is 11.6. The van der Waals surface area contributed by atoms with E-state index in [1.54, 1.807) is 6.92 Å². The van der Waals surface area contributed by atoms with E-state index in [4.69, 9.17) is 86.2 Å². The highest BCUT2D eigenvalue weighted by molar-refractivity contribution is 5.79. The molecule has 0 unspecified atom stereocenters. The summed E-state index contributed by atoms with van der Waals surface area (Å²) in [5.41, 5.74) is -4.75. The van der Waals surface area contributed by atoms with Gasteiger partial charge in [0.25, 0.3) is 0 Å². The SMILES string of the molecule is CCNC(COC(=O)CCC(=O)O[C@@H]1O[C@@H]2O[C@@]3(C)CC[C@H]4[C@H](C)CC[C@@H]([C@H]1C)[C@@]24OO3)(COC(=O)CCC(=O)O[C@@H]1O[C@@H]2O[C@@]3(C)CC[C@H]4[C@H](C)CC[C@@H]([C@H]1C)[C@@]24OO3)COC(=O)CCC(=O)O[C@@H]1O[C@@H]2O[C@@]3(C)CC[C@H]4[C@H](C)CC[C@@](C)([C@H]1C)[C@@]24OO3. The highest BCUT2D eigenvalue weighted by Gasteiger charge is 2.76. The van der Waals surface area contributed by atoms with Crippen LogP contribution in [0.5, 0.6) is 0 Å². The Balaban J connectivity index is 0.666. The van der Waals surface area contributed by atoms with Crippen LogP contribution in [-0.2, 0) is 115 Å². The molecule has 12 heterocycles. The summed E-state index contributed by atoms with van der Waals surface area (Å²) in [5, 5.41) is 3.17. The van der Waals surface area contributed by atoms with Gasteiger partial charge in [-0.2, -0.15) is 0 Å². The molecule has 3 saturated carbocycles. The van der Waals surface area contributed by atoms with E-state index in [1.165, 1.54) is 0 Å². The van der Waals surface area contributed by atoms with Gasteiger partial charge in [0.1, 0.15) is 25.4 Å². The van der Waals surface area contributed by atoms with Crippen LogP contribution in [0.2, 0.25) is 0 Å². The van der Waals surface area contributed by atoms with Crippen molar-refractivity contribution in [3.63, 3.8) is 0 Å². The van der Waals surface area contributed by atoms with Gasteiger partial charge in [-0.15, -0.1) is 0 Å². The summed E-state index contributed by atoms with van der Waals surface area (Å²) in [6, 6.07) is 0. The molecular formula is C64H95NO24. The Labute approximate surface area is 520 Å². The molecule has 25 nitrogen and oxygen atoms in total. The number of hydrogen-bond acceptors (Lipinski definition) is 25. The van der Waals surface area contributed by atoms with Gasteiger partial charge < -0.3 is 62.2 Å². The molecule has 15 rings (SSSR count). The highest BCUT2D eigenvalue weighted by atomic mass is 17.3. The largest absolute Gasteiger partial charge is 0.463 e. The topological polar surface area (TPSA) is 281 Å². The third-order valence-electron chi connectivity index (χ3n) is 23.5. The molecule has 15 aliphatic rings. The predicted octanol–water partition coefficient (Wildman–Crippen LogP) is 7.95. The number of carbonyl (C=O) groups is 6. The molecule has 0 radical (unpaired) electrons. The monoisotopic (exact) mass is 1260 g/mol. The summed E-state index contributed by atoms with van der Waals surface area (Å²) in [4.78, 5) is 118. The molecule has 3 aliphatic carbocycles. The Morgan fingerprint density at radius 3 is 1.26 bits per heavy atom. The van der Waals surface area contributed by atoms with Gasteiger partial charge in [0, 0.05) is 54.3 Å². The van der Waals surface area contributed by atoms with Gasteiger partial charge in [-0.3, -0.25) is 28.8 Å². The lowest BCUT2D eigenvalue weighted by Crippen LogP contribution is -2.74. The summed E-state index contributed by atoms with van der Waals surface area (Å²) in [7, 11) is 0. The van der Waals surface area contributed by atoms with Crippen molar-refractivity contribution in [2.75, 3.05) is 26.4 Å². The first kappa shape index (κ1) is 65.4. The van der Waals surface area contributed by atoms with Gasteiger partial charge >= 0.3 is 35.8 Å². The highest BCUT2D eigenvalue weighted by Crippen LogP contribution is 2.67. The fourth-order valence-electron chi connectivity index (χ4n) is 18.0. The van der Waals surface area contributed by atoms with Crippen LogP contribution in [0, 0.1) is 70.5 Å². The third-order valence-corrected chi connectivity index (χ3v) is 23.5. The molecule has 89 heavy (non-hydrogen) atoms. The molecule has 0 aromatic carbocycles. The lowest BCUT2D eigenvalue weighted by atomic mass is 9.50. The van der Waals surface area contributed by atoms with Crippen molar-refractivity contribution in [3.8, 4) is 0 Å². The minimum absolute atomic E-state index is 0.0816. The predicted molar refractivity (Wildman–Crippen MR) is 300 cm³/mol. The number of hydrogen-bond donors (Lipinski definition) is 1. The Bertz CT molecular complexity index is 2570. The second-order valence-corrected chi connectivity index (χ2v) is 29.2. The summed E-state index contributed by atoms with van der Waals surface area (Å²) < 4.78 is 73.8. The van der Waals surface area contributed by atoms with Crippen LogP contribution >= 0.6 is 0 Å². The maximum atomic E-state index is 13.7. The molecule has 15 fully saturated rings. The second-order valence-electron chi connectivity index (χ2n) is 29.2. The van der Waals surface area contributed by atoms with Crippen LogP contribution in [0.4, 0.5) is 0 Å². The van der Waals surface area contributed by atoms with E-state index >= 15 is 0 Å². The summed E-state index contributed by atoms with van der Waals surface area (Å²) in [6.07, 6.45) is 1.66. The van der Waals surface area contributed by atoms with Gasteiger partial charge in [-0.25, -0.2) is 29.3 Å². The first-order chi connectivity index (χ1) is 42.2. The molecular weight excluding hydrogens is 1170 g/mol. The van der Waals surface area contributed by atoms with Crippen LogP contribution in [0.1, 0.15) is 192 Å². The Morgan fingerprint density at radius 2 is 0.809 bits per heavy atom. The molecule has 500 valence electrons. The minimum Gasteiger partial charge on any atom is -0.463 e. The number of ether oxygens (including phenoxy) is 12. The van der Waals surface area contributed by atoms with E-state index < -0.39 is 158 Å². The lowest BCUT2D eigenvalue weighted by Gasteiger charge is -2.65. The second kappa shape index (κ2) is 24.6. The van der Waals surface area contributed by atoms with Crippen LogP contribution in [0.3, 0.4) is 0 Å². The van der Waals surface area contributed by atoms with Crippen molar-refractivity contribution in [1.82, 2.24) is 5.32 Å². The van der Waals surface area contributed by atoms with Crippen molar-refractivity contribution in [1.29, 1.82) is 0 Å². The number of fused-ring (bicyclic) bond motifs is 6. The van der Waals surface area contributed by atoms with Crippen molar-refractivity contribution in [3.05, 3.63) is 0 Å². The Morgan fingerprint density at radius 1 is 0.427 bits per heavy atom. The molecule has 12 aliphatic heterocycles. The molecule has 12 saturated heterocycles. The van der Waals surface area contributed by atoms with E-state index in [0.29, 0.717) is 37.0 Å². The number of rotatable bonds is 20.